The molecule has 15 nitrogen and oxygen atoms in total. The van der Waals surface area contributed by atoms with Gasteiger partial charge in [-0.1, -0.05) is 55.8 Å². The number of carboxylic acid groups (broad SMARTS) is 2. The molecule has 0 spiro atoms. The average molecular weight is 775 g/mol. The fraction of sp³-hybridized carbons (Fsp3) is 0.714. The van der Waals surface area contributed by atoms with E-state index in [9.17, 15) is 19.2 Å². The predicted molar refractivity (Wildman–Crippen MR) is 184 cm³/mol. The number of alkyl halides is 1. The maximum atomic E-state index is 11.2. The van der Waals surface area contributed by atoms with Gasteiger partial charge in [0.05, 0.1) is 27.4 Å². The molecule has 0 amide bonds. The third kappa shape index (κ3) is 17.1. The van der Waals surface area contributed by atoms with Gasteiger partial charge in [-0.15, -0.1) is 0 Å². The van der Waals surface area contributed by atoms with Crippen LogP contribution in [0.1, 0.15) is 83.6 Å². The van der Waals surface area contributed by atoms with Crippen molar-refractivity contribution in [2.24, 2.45) is 0 Å². The summed E-state index contributed by atoms with van der Waals surface area (Å²) < 4.78 is 34.6. The molecule has 1 aromatic carbocycles. The summed E-state index contributed by atoms with van der Waals surface area (Å²) >= 11 is 5.33. The van der Waals surface area contributed by atoms with Crippen molar-refractivity contribution in [3.8, 4) is 0 Å². The second-order valence-corrected chi connectivity index (χ2v) is 12.0. The molecule has 0 radical (unpaired) electrons. The number of carboxylic acids is 2. The molecular formula is C35H56ClNaO15. The molecule has 4 unspecified atom stereocenters. The van der Waals surface area contributed by atoms with Crippen LogP contribution in [0.4, 0.5) is 0 Å². The first-order chi connectivity index (χ1) is 23.9. The van der Waals surface area contributed by atoms with Crippen LogP contribution in [0.5, 0.6) is 0 Å². The number of carbonyl (C=O) groups is 4. The van der Waals surface area contributed by atoms with E-state index in [0.29, 0.717) is 65.1 Å². The van der Waals surface area contributed by atoms with Crippen LogP contribution in [0.2, 0.25) is 0 Å². The zero-order valence-corrected chi connectivity index (χ0v) is 33.9. The first-order valence-electron chi connectivity index (χ1n) is 16.9. The van der Waals surface area contributed by atoms with E-state index in [4.69, 9.17) is 50.6 Å². The third-order valence-corrected chi connectivity index (χ3v) is 8.78. The number of aliphatic hydroxyl groups is 1. The van der Waals surface area contributed by atoms with Gasteiger partial charge >= 0.3 is 53.4 Å². The fourth-order valence-corrected chi connectivity index (χ4v) is 5.53. The van der Waals surface area contributed by atoms with Gasteiger partial charge in [0.2, 0.25) is 0 Å². The number of hydrogen-bond acceptors (Lipinski definition) is 13. The number of halogens is 1. The molecule has 17 heteroatoms. The summed E-state index contributed by atoms with van der Waals surface area (Å²) in [6, 6.07) is 10.2. The number of carbonyl (C=O) groups excluding carboxylic acids is 2. The number of aliphatic hydroxyl groups excluding tert-OH is 1. The quantitative estimate of drug-likeness (QED) is 0.173. The van der Waals surface area contributed by atoms with Gasteiger partial charge in [0.1, 0.15) is 6.07 Å². The summed E-state index contributed by atoms with van der Waals surface area (Å²) in [5, 5.41) is 26.0. The summed E-state index contributed by atoms with van der Waals surface area (Å²) in [6.07, 6.45) is 7.22. The Morgan fingerprint density at radius 1 is 0.788 bits per heavy atom. The van der Waals surface area contributed by atoms with Crippen LogP contribution in [0, 0.1) is 0 Å². The van der Waals surface area contributed by atoms with Crippen molar-refractivity contribution in [1.82, 2.24) is 0 Å². The molecular weight excluding hydrogens is 719 g/mol. The van der Waals surface area contributed by atoms with Gasteiger partial charge in [-0.2, -0.15) is 0 Å². The van der Waals surface area contributed by atoms with Crippen LogP contribution in [-0.4, -0.2) is 121 Å². The van der Waals surface area contributed by atoms with Gasteiger partial charge in [-0.3, -0.25) is 0 Å². The zero-order chi connectivity index (χ0) is 37.5. The Bertz CT molecular complexity index is 1080. The number of esters is 2. The minimum atomic E-state index is -1.29. The van der Waals surface area contributed by atoms with Crippen molar-refractivity contribution in [2.45, 2.75) is 108 Å². The first-order valence-corrected chi connectivity index (χ1v) is 17.4. The maximum Gasteiger partial charge on any atom is 1.00 e. The molecule has 4 saturated heterocycles. The number of hydrogen-bond donors (Lipinski definition) is 3. The van der Waals surface area contributed by atoms with E-state index in [0.717, 1.165) is 37.7 Å². The minimum absolute atomic E-state index is 0. The average Bonchev–Trinajstić information content (AvgIpc) is 3.99. The monoisotopic (exact) mass is 774 g/mol. The van der Waals surface area contributed by atoms with Crippen molar-refractivity contribution in [3.63, 3.8) is 0 Å². The summed E-state index contributed by atoms with van der Waals surface area (Å²) in [5.41, 5.74) is -1.60. The molecule has 4 aliphatic heterocycles. The first kappa shape index (κ1) is 52.2. The molecule has 1 aromatic rings. The largest absolute Gasteiger partial charge is 1.00 e. The summed E-state index contributed by atoms with van der Waals surface area (Å²) in [4.78, 5) is 43.0. The summed E-state index contributed by atoms with van der Waals surface area (Å²) in [7, 11) is 2.78. The van der Waals surface area contributed by atoms with Gasteiger partial charge in [-0.25, -0.2) is 19.2 Å². The SMILES string of the molecule is CCC1(C(=O)O)CCCO1.CCC1(C(=O)OC)CCCO1.COC(=O)C1CCCO1.ClCOCc1ccccc1.O=C(O)C1(CO)CCCO1.[Na+].[OH-]. The second kappa shape index (κ2) is 28.5. The Hall–Kier alpha value is -1.89. The van der Waals surface area contributed by atoms with Crippen molar-refractivity contribution in [1.29, 1.82) is 0 Å². The Morgan fingerprint density at radius 3 is 1.60 bits per heavy atom. The van der Waals surface area contributed by atoms with Crippen LogP contribution in [0.3, 0.4) is 0 Å². The molecule has 4 aliphatic rings. The Morgan fingerprint density at radius 2 is 1.29 bits per heavy atom. The molecule has 4 atom stereocenters. The molecule has 4 heterocycles. The van der Waals surface area contributed by atoms with Gasteiger partial charge < -0.3 is 54.0 Å². The van der Waals surface area contributed by atoms with E-state index >= 15 is 0 Å². The molecule has 0 saturated carbocycles. The maximum absolute atomic E-state index is 11.2. The van der Waals surface area contributed by atoms with Crippen LogP contribution in [0.15, 0.2) is 30.3 Å². The van der Waals surface area contributed by atoms with Crippen LogP contribution >= 0.6 is 11.6 Å². The van der Waals surface area contributed by atoms with Crippen molar-refractivity contribution in [2.75, 3.05) is 53.3 Å². The number of aliphatic carboxylic acids is 2. The van der Waals surface area contributed by atoms with Gasteiger partial charge in [0.15, 0.2) is 22.9 Å². The molecule has 4 N–H and O–H groups in total. The fourth-order valence-electron chi connectivity index (χ4n) is 5.45. The van der Waals surface area contributed by atoms with Crippen LogP contribution in [-0.2, 0) is 58.9 Å². The van der Waals surface area contributed by atoms with Crippen molar-refractivity contribution >= 4 is 35.5 Å². The van der Waals surface area contributed by atoms with E-state index in [1.165, 1.54) is 14.2 Å². The van der Waals surface area contributed by atoms with Crippen molar-refractivity contribution in [3.05, 3.63) is 35.9 Å². The standard InChI is InChI=1S/C8H9ClO.C8H14O3.C7H12O3.C6H10O4.C6H10O3.Na.H2O/c9-7-10-6-8-4-2-1-3-5-8;1-3-8(7(9)10-2)5-4-6-11-8;1-2-7(6(8)9)4-3-5-10-7;7-4-6(5(8)9)2-1-3-10-6;1-8-6(7)5-3-2-4-9-5;;/h1-5H,6-7H2;3-6H2,1-2H3;2-5H2,1H3,(H,8,9);7H,1-4H2,(H,8,9);5H,2-4H2,1H3;;1H2/q;;;;;+1;/p-1. The number of rotatable bonds is 10. The smallest absolute Gasteiger partial charge is 0.870 e. The minimum Gasteiger partial charge on any atom is -0.870 e. The molecule has 5 rings (SSSR count). The number of methoxy groups -OCH3 is 2. The molecule has 4 fully saturated rings. The molecule has 294 valence electrons. The van der Waals surface area contributed by atoms with Gasteiger partial charge in [-0.05, 0) is 69.8 Å². The second-order valence-electron chi connectivity index (χ2n) is 11.8. The van der Waals surface area contributed by atoms with Gasteiger partial charge in [0, 0.05) is 26.4 Å². The van der Waals surface area contributed by atoms with E-state index in [1.807, 2.05) is 44.2 Å². The van der Waals surface area contributed by atoms with E-state index in [-0.39, 0.29) is 59.1 Å². The summed E-state index contributed by atoms with van der Waals surface area (Å²) in [6.45, 7) is 6.38. The Labute approximate surface area is 333 Å². The third-order valence-electron chi connectivity index (χ3n) is 8.63. The topological polar surface area (TPSA) is 224 Å². The molecule has 0 aliphatic carbocycles. The summed E-state index contributed by atoms with van der Waals surface area (Å²) in [5.74, 6) is -2.34. The van der Waals surface area contributed by atoms with Crippen molar-refractivity contribution < 1.29 is 103 Å². The van der Waals surface area contributed by atoms with E-state index in [1.54, 1.807) is 0 Å². The normalized spacial score (nSPS) is 25.3. The Balaban J connectivity index is 0. The van der Waals surface area contributed by atoms with Gasteiger partial charge in [0.25, 0.3) is 0 Å². The Kier molecular flexibility index (Phi) is 28.7. The molecule has 0 aromatic heterocycles. The van der Waals surface area contributed by atoms with E-state index in [2.05, 4.69) is 9.47 Å². The van der Waals surface area contributed by atoms with Crippen LogP contribution in [0.25, 0.3) is 0 Å². The zero-order valence-electron chi connectivity index (χ0n) is 31.1. The number of benzene rings is 1. The molecule has 52 heavy (non-hydrogen) atoms. The number of ether oxygens (including phenoxy) is 7. The molecule has 0 bridgehead atoms. The predicted octanol–water partition coefficient (Wildman–Crippen LogP) is 1.33. The van der Waals surface area contributed by atoms with E-state index < -0.39 is 35.3 Å². The van der Waals surface area contributed by atoms with Crippen LogP contribution < -0.4 is 29.6 Å².